The number of amides is 1. The molecule has 7 heteroatoms. The molecule has 0 atom stereocenters. The van der Waals surface area contributed by atoms with Crippen LogP contribution in [0.15, 0.2) is 19.7 Å². The average Bonchev–Trinajstić information content (AvgIpc) is 3.08. The Labute approximate surface area is 173 Å². The lowest BCUT2D eigenvalue weighted by atomic mass is 9.93. The van der Waals surface area contributed by atoms with Crippen molar-refractivity contribution in [1.29, 1.82) is 0 Å². The average molecular weight is 410 g/mol. The van der Waals surface area contributed by atoms with Crippen molar-refractivity contribution in [3.8, 4) is 0 Å². The van der Waals surface area contributed by atoms with Crippen molar-refractivity contribution in [1.82, 2.24) is 5.32 Å². The number of aliphatic carboxylic acids is 1. The van der Waals surface area contributed by atoms with Gasteiger partial charge in [-0.3, -0.25) is 4.79 Å². The highest BCUT2D eigenvalue weighted by Gasteiger charge is 2.23. The number of hydrogen-bond acceptors (Lipinski definition) is 6. The van der Waals surface area contributed by atoms with E-state index in [9.17, 15) is 19.5 Å². The van der Waals surface area contributed by atoms with Crippen molar-refractivity contribution < 1.29 is 23.5 Å². The third kappa shape index (κ3) is 3.60. The topological polar surface area (TPSA) is 113 Å². The molecule has 1 N–H and O–H groups in total. The lowest BCUT2D eigenvalue weighted by Gasteiger charge is -2.11. The first-order valence-corrected chi connectivity index (χ1v) is 10.3. The fourth-order valence-corrected chi connectivity index (χ4v) is 4.34. The number of fused-ring (bicyclic) bond motifs is 4. The summed E-state index contributed by atoms with van der Waals surface area (Å²) >= 11 is 0. The third-order valence-corrected chi connectivity index (χ3v) is 5.98. The monoisotopic (exact) mass is 410 g/mol. The van der Waals surface area contributed by atoms with Crippen LogP contribution in [0.1, 0.15) is 53.7 Å². The first kappa shape index (κ1) is 20.2. The van der Waals surface area contributed by atoms with E-state index in [1.165, 1.54) is 5.56 Å². The van der Waals surface area contributed by atoms with Gasteiger partial charge in [-0.25, -0.2) is 4.79 Å². The second-order valence-electron chi connectivity index (χ2n) is 7.93. The van der Waals surface area contributed by atoms with E-state index in [0.29, 0.717) is 11.1 Å². The van der Waals surface area contributed by atoms with E-state index in [2.05, 4.69) is 5.32 Å². The molecule has 1 aliphatic carbocycles. The molecule has 1 amide bonds. The highest BCUT2D eigenvalue weighted by molar-refractivity contribution is 6.00. The Morgan fingerprint density at radius 1 is 1.03 bits per heavy atom. The Balaban J connectivity index is 1.68. The zero-order chi connectivity index (χ0) is 21.4. The number of furan rings is 1. The molecule has 0 saturated carbocycles. The van der Waals surface area contributed by atoms with E-state index in [-0.39, 0.29) is 31.7 Å². The van der Waals surface area contributed by atoms with Gasteiger partial charge in [0.15, 0.2) is 0 Å². The fourth-order valence-electron chi connectivity index (χ4n) is 4.34. The van der Waals surface area contributed by atoms with Gasteiger partial charge < -0.3 is 24.1 Å². The van der Waals surface area contributed by atoms with Crippen LogP contribution in [0.5, 0.6) is 0 Å². The van der Waals surface area contributed by atoms with Crippen LogP contribution in [-0.2, 0) is 28.9 Å². The smallest absolute Gasteiger partial charge is 0.339 e. The maximum absolute atomic E-state index is 12.6. The Hall–Kier alpha value is -3.09. The molecule has 2 heterocycles. The highest BCUT2D eigenvalue weighted by atomic mass is 16.4. The zero-order valence-electron chi connectivity index (χ0n) is 17.2. The Morgan fingerprint density at radius 2 is 1.77 bits per heavy atom. The van der Waals surface area contributed by atoms with E-state index in [1.807, 2.05) is 19.9 Å². The standard InChI is InChI=1S/C23H25NO6/c1-12-14(7-8-19(25)24-10-9-20(26)27)23(28)30-21-13(2)22-17(11-16(12)21)15-5-3-4-6-18(15)29-22/h11H,3-10H2,1-2H3,(H,24,25)(H,26,27)/p-1. The number of benzene rings is 1. The summed E-state index contributed by atoms with van der Waals surface area (Å²) < 4.78 is 11.8. The van der Waals surface area contributed by atoms with Crippen LogP contribution in [0.2, 0.25) is 0 Å². The van der Waals surface area contributed by atoms with Gasteiger partial charge in [-0.1, -0.05) is 0 Å². The molecule has 1 aromatic carbocycles. The normalized spacial score (nSPS) is 13.5. The minimum Gasteiger partial charge on any atom is -0.550 e. The summed E-state index contributed by atoms with van der Waals surface area (Å²) in [7, 11) is 0. The number of rotatable bonds is 6. The molecule has 0 saturated heterocycles. The van der Waals surface area contributed by atoms with Gasteiger partial charge in [0.1, 0.15) is 16.9 Å². The molecule has 158 valence electrons. The molecular weight excluding hydrogens is 386 g/mol. The first-order valence-electron chi connectivity index (χ1n) is 10.3. The second-order valence-corrected chi connectivity index (χ2v) is 7.93. The molecule has 0 radical (unpaired) electrons. The van der Waals surface area contributed by atoms with Crippen LogP contribution in [0.4, 0.5) is 0 Å². The van der Waals surface area contributed by atoms with Crippen molar-refractivity contribution in [2.75, 3.05) is 6.54 Å². The summed E-state index contributed by atoms with van der Waals surface area (Å²) in [6.07, 6.45) is 4.24. The quantitative estimate of drug-likeness (QED) is 0.624. The van der Waals surface area contributed by atoms with Gasteiger partial charge in [0.2, 0.25) is 5.91 Å². The van der Waals surface area contributed by atoms with Crippen molar-refractivity contribution >= 4 is 33.8 Å². The minimum atomic E-state index is -1.22. The number of carboxylic acids is 1. The molecule has 1 aliphatic rings. The van der Waals surface area contributed by atoms with E-state index in [4.69, 9.17) is 8.83 Å². The number of aryl methyl sites for hydroxylation is 4. The van der Waals surface area contributed by atoms with Crippen LogP contribution in [0.3, 0.4) is 0 Å². The molecule has 4 rings (SSSR count). The van der Waals surface area contributed by atoms with Crippen LogP contribution in [0.25, 0.3) is 21.9 Å². The largest absolute Gasteiger partial charge is 0.550 e. The lowest BCUT2D eigenvalue weighted by molar-refractivity contribution is -0.305. The second kappa shape index (κ2) is 7.97. The molecule has 2 aromatic heterocycles. The van der Waals surface area contributed by atoms with Gasteiger partial charge in [-0.15, -0.1) is 0 Å². The molecule has 7 nitrogen and oxygen atoms in total. The van der Waals surface area contributed by atoms with Gasteiger partial charge >= 0.3 is 5.63 Å². The van der Waals surface area contributed by atoms with Crippen molar-refractivity contribution in [2.24, 2.45) is 0 Å². The SMILES string of the molecule is Cc1c(CCC(=O)NCCC(=O)[O-])c(=O)oc2c(C)c3oc4c(c3cc12)CCCC4. The number of hydrogen-bond donors (Lipinski definition) is 1. The van der Waals surface area contributed by atoms with E-state index >= 15 is 0 Å². The molecule has 0 unspecified atom stereocenters. The van der Waals surface area contributed by atoms with E-state index in [1.54, 1.807) is 0 Å². The minimum absolute atomic E-state index is 0.00918. The predicted molar refractivity (Wildman–Crippen MR) is 109 cm³/mol. The predicted octanol–water partition coefficient (Wildman–Crippen LogP) is 2.22. The number of carbonyl (C=O) groups excluding carboxylic acids is 2. The van der Waals surface area contributed by atoms with Gasteiger partial charge in [0.25, 0.3) is 0 Å². The van der Waals surface area contributed by atoms with Crippen molar-refractivity contribution in [3.63, 3.8) is 0 Å². The summed E-state index contributed by atoms with van der Waals surface area (Å²) in [5.41, 5.74) is 4.20. The summed E-state index contributed by atoms with van der Waals surface area (Å²) in [5, 5.41) is 14.9. The highest BCUT2D eigenvalue weighted by Crippen LogP contribution is 2.37. The number of nitrogens with one attached hydrogen (secondary N) is 1. The van der Waals surface area contributed by atoms with Crippen LogP contribution >= 0.6 is 0 Å². The maximum Gasteiger partial charge on any atom is 0.339 e. The first-order chi connectivity index (χ1) is 14.4. The summed E-state index contributed by atoms with van der Waals surface area (Å²) in [5.74, 6) is -0.502. The van der Waals surface area contributed by atoms with Crippen molar-refractivity contribution in [2.45, 2.75) is 58.8 Å². The summed E-state index contributed by atoms with van der Waals surface area (Å²) in [4.78, 5) is 35.0. The molecule has 0 aliphatic heterocycles. The van der Waals surface area contributed by atoms with E-state index < -0.39 is 11.6 Å². The van der Waals surface area contributed by atoms with Gasteiger partial charge in [-0.05, 0) is 51.2 Å². The summed E-state index contributed by atoms with van der Waals surface area (Å²) in [6, 6.07) is 2.05. The fraction of sp³-hybridized carbons (Fsp3) is 0.435. The van der Waals surface area contributed by atoms with Gasteiger partial charge in [0, 0.05) is 59.2 Å². The Kier molecular flexibility index (Phi) is 5.37. The van der Waals surface area contributed by atoms with E-state index in [0.717, 1.165) is 58.9 Å². The molecule has 3 aromatic rings. The van der Waals surface area contributed by atoms with Gasteiger partial charge in [-0.2, -0.15) is 0 Å². The molecule has 0 spiro atoms. The Morgan fingerprint density at radius 3 is 2.53 bits per heavy atom. The summed E-state index contributed by atoms with van der Waals surface area (Å²) in [6.45, 7) is 3.79. The maximum atomic E-state index is 12.6. The van der Waals surface area contributed by atoms with Crippen LogP contribution in [-0.4, -0.2) is 18.4 Å². The molecule has 30 heavy (non-hydrogen) atoms. The molecule has 0 fully saturated rings. The van der Waals surface area contributed by atoms with Crippen molar-refractivity contribution in [3.05, 3.63) is 44.5 Å². The molecular formula is C23H24NO6-. The number of carbonyl (C=O) groups is 2. The lowest BCUT2D eigenvalue weighted by Crippen LogP contribution is -2.31. The Bertz CT molecular complexity index is 1220. The molecule has 0 bridgehead atoms. The van der Waals surface area contributed by atoms with Gasteiger partial charge in [0.05, 0.1) is 0 Å². The number of carboxylic acid groups (broad SMARTS) is 1. The zero-order valence-corrected chi connectivity index (χ0v) is 17.2. The third-order valence-electron chi connectivity index (χ3n) is 5.98. The van der Waals surface area contributed by atoms with Crippen LogP contribution < -0.4 is 16.0 Å². The van der Waals surface area contributed by atoms with Crippen LogP contribution in [0, 0.1) is 13.8 Å².